The van der Waals surface area contributed by atoms with Crippen molar-refractivity contribution in [2.45, 2.75) is 71.3 Å². The van der Waals surface area contributed by atoms with Crippen LogP contribution < -0.4 is 10.5 Å². The van der Waals surface area contributed by atoms with Gasteiger partial charge in [0, 0.05) is 11.1 Å². The van der Waals surface area contributed by atoms with Gasteiger partial charge in [0.25, 0.3) is 0 Å². The quantitative estimate of drug-likeness (QED) is 0.881. The minimum atomic E-state index is 0.0176. The molecule has 1 aliphatic rings. The van der Waals surface area contributed by atoms with Gasteiger partial charge in [-0.1, -0.05) is 47.6 Å². The minimum Gasteiger partial charge on any atom is -0.491 e. The molecular weight excluding hydrogens is 246 g/mol. The molecule has 0 bridgehead atoms. The smallest absolute Gasteiger partial charge is 0.128 e. The zero-order chi connectivity index (χ0) is 15.1. The van der Waals surface area contributed by atoms with Crippen LogP contribution in [-0.4, -0.2) is 6.61 Å². The third-order valence-corrected chi connectivity index (χ3v) is 5.20. The molecule has 1 unspecified atom stereocenters. The van der Waals surface area contributed by atoms with Crippen molar-refractivity contribution >= 4 is 0 Å². The highest BCUT2D eigenvalue weighted by Crippen LogP contribution is 2.44. The summed E-state index contributed by atoms with van der Waals surface area (Å²) in [5.74, 6) is 1.04. The molecule has 112 valence electrons. The summed E-state index contributed by atoms with van der Waals surface area (Å²) < 4.78 is 5.91. The Morgan fingerprint density at radius 2 is 1.70 bits per heavy atom. The number of nitrogens with two attached hydrogens (primary N) is 1. The van der Waals surface area contributed by atoms with Gasteiger partial charge in [-0.15, -0.1) is 0 Å². The third kappa shape index (κ3) is 2.46. The lowest BCUT2D eigenvalue weighted by molar-refractivity contribution is 0.323. The molecule has 0 saturated heterocycles. The number of hydrogen-bond donors (Lipinski definition) is 1. The largest absolute Gasteiger partial charge is 0.491 e. The molecule has 1 heterocycles. The molecule has 2 rings (SSSR count). The summed E-state index contributed by atoms with van der Waals surface area (Å²) in [5.41, 5.74) is 10.4. The molecule has 1 aromatic carbocycles. The molecule has 2 N–H and O–H groups in total. The number of benzene rings is 1. The summed E-state index contributed by atoms with van der Waals surface area (Å²) in [5, 5.41) is 0. The van der Waals surface area contributed by atoms with Crippen molar-refractivity contribution in [3.63, 3.8) is 0 Å². The molecule has 0 spiro atoms. The highest BCUT2D eigenvalue weighted by Gasteiger charge is 2.33. The standard InChI is InChI=1S/C18H29NO/c1-7-17(3,4)12-9-13-15(19)11-20-16(13)14(10-12)18(5,6)8-2/h9-10,15H,7-8,11,19H2,1-6H3. The maximum absolute atomic E-state index is 6.23. The summed E-state index contributed by atoms with van der Waals surface area (Å²) >= 11 is 0. The van der Waals surface area contributed by atoms with Gasteiger partial charge in [-0.25, -0.2) is 0 Å². The lowest BCUT2D eigenvalue weighted by Gasteiger charge is -2.30. The molecule has 0 aliphatic carbocycles. The second kappa shape index (κ2) is 5.07. The molecule has 1 aliphatic heterocycles. The van der Waals surface area contributed by atoms with Crippen molar-refractivity contribution in [2.24, 2.45) is 5.73 Å². The van der Waals surface area contributed by atoms with Crippen LogP contribution in [0.15, 0.2) is 12.1 Å². The fraction of sp³-hybridized carbons (Fsp3) is 0.667. The van der Waals surface area contributed by atoms with E-state index in [-0.39, 0.29) is 16.9 Å². The van der Waals surface area contributed by atoms with Crippen LogP contribution in [0.2, 0.25) is 0 Å². The van der Waals surface area contributed by atoms with Gasteiger partial charge >= 0.3 is 0 Å². The number of fused-ring (bicyclic) bond motifs is 1. The summed E-state index contributed by atoms with van der Waals surface area (Å²) in [7, 11) is 0. The van der Waals surface area contributed by atoms with E-state index >= 15 is 0 Å². The number of rotatable bonds is 4. The van der Waals surface area contributed by atoms with Crippen LogP contribution in [0.1, 0.15) is 77.1 Å². The predicted molar refractivity (Wildman–Crippen MR) is 85.5 cm³/mol. The van der Waals surface area contributed by atoms with Gasteiger partial charge in [0.15, 0.2) is 0 Å². The van der Waals surface area contributed by atoms with Crippen molar-refractivity contribution in [3.05, 3.63) is 28.8 Å². The van der Waals surface area contributed by atoms with Gasteiger partial charge in [-0.2, -0.15) is 0 Å². The van der Waals surface area contributed by atoms with Crippen LogP contribution in [0.25, 0.3) is 0 Å². The normalized spacial score (nSPS) is 18.9. The highest BCUT2D eigenvalue weighted by molar-refractivity contribution is 5.53. The van der Waals surface area contributed by atoms with Crippen LogP contribution in [0.4, 0.5) is 0 Å². The molecule has 20 heavy (non-hydrogen) atoms. The Bertz CT molecular complexity index is 502. The van der Waals surface area contributed by atoms with Gasteiger partial charge < -0.3 is 10.5 Å². The third-order valence-electron chi connectivity index (χ3n) is 5.20. The van der Waals surface area contributed by atoms with E-state index in [2.05, 4.69) is 53.7 Å². The zero-order valence-electron chi connectivity index (χ0n) is 13.8. The average Bonchev–Trinajstić information content (AvgIpc) is 2.79. The second-order valence-corrected chi connectivity index (χ2v) is 7.33. The first-order chi connectivity index (χ1) is 9.23. The fourth-order valence-electron chi connectivity index (χ4n) is 2.64. The van der Waals surface area contributed by atoms with Crippen LogP contribution >= 0.6 is 0 Å². The van der Waals surface area contributed by atoms with E-state index in [0.29, 0.717) is 6.61 Å². The Morgan fingerprint density at radius 1 is 1.10 bits per heavy atom. The van der Waals surface area contributed by atoms with Crippen molar-refractivity contribution in [1.82, 2.24) is 0 Å². The molecular formula is C18H29NO. The minimum absolute atomic E-state index is 0.0176. The lowest BCUT2D eigenvalue weighted by Crippen LogP contribution is -2.21. The monoisotopic (exact) mass is 275 g/mol. The molecule has 0 fully saturated rings. The second-order valence-electron chi connectivity index (χ2n) is 7.33. The van der Waals surface area contributed by atoms with E-state index in [4.69, 9.17) is 10.5 Å². The van der Waals surface area contributed by atoms with E-state index < -0.39 is 0 Å². The predicted octanol–water partition coefficient (Wildman–Crippen LogP) is 4.45. The van der Waals surface area contributed by atoms with Crippen LogP contribution in [0.3, 0.4) is 0 Å². The van der Waals surface area contributed by atoms with E-state index in [1.807, 2.05) is 0 Å². The van der Waals surface area contributed by atoms with Gasteiger partial charge in [0.2, 0.25) is 0 Å². The van der Waals surface area contributed by atoms with E-state index in [0.717, 1.165) is 18.6 Å². The van der Waals surface area contributed by atoms with Crippen molar-refractivity contribution < 1.29 is 4.74 Å². The Balaban J connectivity index is 2.65. The molecule has 0 saturated carbocycles. The Hall–Kier alpha value is -1.02. The molecule has 0 aromatic heterocycles. The molecule has 0 amide bonds. The van der Waals surface area contributed by atoms with Crippen LogP contribution in [0.5, 0.6) is 5.75 Å². The average molecular weight is 275 g/mol. The van der Waals surface area contributed by atoms with Crippen molar-refractivity contribution in [3.8, 4) is 5.75 Å². The number of hydrogen-bond acceptors (Lipinski definition) is 2. The SMILES string of the molecule is CCC(C)(C)c1cc2c(c(C(C)(C)CC)c1)OCC2N. The summed E-state index contributed by atoms with van der Waals surface area (Å²) in [4.78, 5) is 0. The van der Waals surface area contributed by atoms with Gasteiger partial charge in [0.1, 0.15) is 12.4 Å². The van der Waals surface area contributed by atoms with Crippen LogP contribution in [0, 0.1) is 0 Å². The molecule has 2 heteroatoms. The summed E-state index contributed by atoms with van der Waals surface area (Å²) in [6.45, 7) is 14.3. The van der Waals surface area contributed by atoms with Crippen LogP contribution in [-0.2, 0) is 10.8 Å². The van der Waals surface area contributed by atoms with Crippen molar-refractivity contribution in [2.75, 3.05) is 6.61 Å². The fourth-order valence-corrected chi connectivity index (χ4v) is 2.64. The van der Waals surface area contributed by atoms with E-state index in [1.165, 1.54) is 16.7 Å². The lowest BCUT2D eigenvalue weighted by atomic mass is 9.75. The van der Waals surface area contributed by atoms with E-state index in [9.17, 15) is 0 Å². The maximum Gasteiger partial charge on any atom is 0.128 e. The Kier molecular flexibility index (Phi) is 3.90. The highest BCUT2D eigenvalue weighted by atomic mass is 16.5. The Labute approximate surface area is 123 Å². The van der Waals surface area contributed by atoms with Gasteiger partial charge in [-0.05, 0) is 35.3 Å². The molecule has 0 radical (unpaired) electrons. The first-order valence-corrected chi connectivity index (χ1v) is 7.80. The molecule has 1 aromatic rings. The van der Waals surface area contributed by atoms with Gasteiger partial charge in [-0.3, -0.25) is 0 Å². The number of ether oxygens (including phenoxy) is 1. The van der Waals surface area contributed by atoms with Crippen molar-refractivity contribution in [1.29, 1.82) is 0 Å². The zero-order valence-corrected chi connectivity index (χ0v) is 13.8. The Morgan fingerprint density at radius 3 is 2.25 bits per heavy atom. The topological polar surface area (TPSA) is 35.2 Å². The first kappa shape index (κ1) is 15.4. The van der Waals surface area contributed by atoms with Gasteiger partial charge in [0.05, 0.1) is 6.04 Å². The molecule has 1 atom stereocenters. The van der Waals surface area contributed by atoms with E-state index in [1.54, 1.807) is 0 Å². The first-order valence-electron chi connectivity index (χ1n) is 7.80. The maximum atomic E-state index is 6.23. The molecule has 2 nitrogen and oxygen atoms in total. The summed E-state index contributed by atoms with van der Waals surface area (Å²) in [6.07, 6.45) is 2.21. The summed E-state index contributed by atoms with van der Waals surface area (Å²) in [6, 6.07) is 4.64.